The highest BCUT2D eigenvalue weighted by molar-refractivity contribution is 5.93. The summed E-state index contributed by atoms with van der Waals surface area (Å²) in [6.45, 7) is 4.03. The lowest BCUT2D eigenvalue weighted by atomic mass is 9.99. The molecule has 5 nitrogen and oxygen atoms in total. The maximum atomic E-state index is 13.6. The van der Waals surface area contributed by atoms with E-state index in [4.69, 9.17) is 13.9 Å². The quantitative estimate of drug-likeness (QED) is 0.438. The molecule has 1 aliphatic heterocycles. The Labute approximate surface area is 185 Å². The molecule has 0 fully saturated rings. The minimum atomic E-state index is -0.533. The number of hydrogen-bond donors (Lipinski definition) is 1. The normalized spacial score (nSPS) is 14.1. The summed E-state index contributed by atoms with van der Waals surface area (Å²) < 4.78 is 18.1. The van der Waals surface area contributed by atoms with Crippen LogP contribution in [0.1, 0.15) is 25.0 Å². The molecule has 0 unspecified atom stereocenters. The first-order valence-electron chi connectivity index (χ1n) is 10.4. The molecule has 160 valence electrons. The van der Waals surface area contributed by atoms with Crippen molar-refractivity contribution < 1.29 is 19.0 Å². The van der Waals surface area contributed by atoms with Gasteiger partial charge in [0.1, 0.15) is 34.7 Å². The fourth-order valence-corrected chi connectivity index (χ4v) is 3.80. The zero-order valence-electron chi connectivity index (χ0n) is 17.8. The van der Waals surface area contributed by atoms with Crippen LogP contribution in [0.25, 0.3) is 28.4 Å². The smallest absolute Gasteiger partial charge is 0.239 e. The fourth-order valence-electron chi connectivity index (χ4n) is 3.80. The molecule has 32 heavy (non-hydrogen) atoms. The Morgan fingerprint density at radius 3 is 2.41 bits per heavy atom. The van der Waals surface area contributed by atoms with Crippen LogP contribution in [0.5, 0.6) is 17.2 Å². The van der Waals surface area contributed by atoms with Gasteiger partial charge in [-0.2, -0.15) is 0 Å². The van der Waals surface area contributed by atoms with E-state index in [0.717, 1.165) is 5.56 Å². The highest BCUT2D eigenvalue weighted by atomic mass is 16.5. The van der Waals surface area contributed by atoms with Crippen molar-refractivity contribution in [3.05, 3.63) is 94.2 Å². The molecule has 2 heterocycles. The van der Waals surface area contributed by atoms with Gasteiger partial charge in [0.05, 0.1) is 5.56 Å². The molecule has 0 bridgehead atoms. The number of hydrogen-bond acceptors (Lipinski definition) is 5. The van der Waals surface area contributed by atoms with Gasteiger partial charge in [-0.3, -0.25) is 4.79 Å². The van der Waals surface area contributed by atoms with Crippen LogP contribution < -0.4 is 14.9 Å². The van der Waals surface area contributed by atoms with Crippen LogP contribution in [0, 0.1) is 0 Å². The van der Waals surface area contributed by atoms with E-state index in [1.807, 2.05) is 80.6 Å². The Hall–Kier alpha value is -3.99. The highest BCUT2D eigenvalue weighted by Crippen LogP contribution is 2.43. The summed E-state index contributed by atoms with van der Waals surface area (Å²) in [6, 6.07) is 20.5. The van der Waals surface area contributed by atoms with Gasteiger partial charge in [-0.15, -0.1) is 0 Å². The second kappa shape index (κ2) is 7.61. The molecule has 0 amide bonds. The predicted octanol–water partition coefficient (Wildman–Crippen LogP) is 5.93. The maximum Gasteiger partial charge on any atom is 0.239 e. The van der Waals surface area contributed by atoms with Crippen molar-refractivity contribution in [2.75, 3.05) is 0 Å². The number of aromatic hydroxyl groups is 1. The van der Waals surface area contributed by atoms with Crippen molar-refractivity contribution >= 4 is 17.0 Å². The van der Waals surface area contributed by atoms with Gasteiger partial charge >= 0.3 is 0 Å². The minimum Gasteiger partial charge on any atom is -0.506 e. The second-order valence-corrected chi connectivity index (χ2v) is 8.28. The Morgan fingerprint density at radius 1 is 1.00 bits per heavy atom. The third-order valence-electron chi connectivity index (χ3n) is 5.40. The van der Waals surface area contributed by atoms with E-state index >= 15 is 0 Å². The van der Waals surface area contributed by atoms with E-state index in [2.05, 4.69) is 0 Å². The monoisotopic (exact) mass is 426 g/mol. The van der Waals surface area contributed by atoms with Crippen LogP contribution in [0.3, 0.4) is 0 Å². The Bertz CT molecular complexity index is 1380. The lowest BCUT2D eigenvalue weighted by molar-refractivity contribution is 0.158. The third kappa shape index (κ3) is 3.52. The molecular formula is C27H22O5. The summed E-state index contributed by atoms with van der Waals surface area (Å²) >= 11 is 0. The van der Waals surface area contributed by atoms with Crippen LogP contribution in [-0.2, 0) is 6.61 Å². The molecule has 3 aromatic carbocycles. The molecule has 5 rings (SSSR count). The van der Waals surface area contributed by atoms with Crippen molar-refractivity contribution in [1.29, 1.82) is 0 Å². The van der Waals surface area contributed by atoms with E-state index in [0.29, 0.717) is 22.6 Å². The molecule has 0 saturated heterocycles. The molecule has 0 spiro atoms. The third-order valence-corrected chi connectivity index (χ3v) is 5.40. The molecule has 0 aliphatic carbocycles. The summed E-state index contributed by atoms with van der Waals surface area (Å²) in [6.07, 6.45) is 3.61. The van der Waals surface area contributed by atoms with Crippen LogP contribution >= 0.6 is 0 Å². The average Bonchev–Trinajstić information content (AvgIpc) is 2.78. The van der Waals surface area contributed by atoms with E-state index in [-0.39, 0.29) is 29.1 Å². The van der Waals surface area contributed by atoms with E-state index in [1.165, 1.54) is 0 Å². The summed E-state index contributed by atoms with van der Waals surface area (Å²) in [4.78, 5) is 13.6. The largest absolute Gasteiger partial charge is 0.506 e. The van der Waals surface area contributed by atoms with Gasteiger partial charge in [0, 0.05) is 11.6 Å². The molecule has 1 N–H and O–H groups in total. The number of ether oxygens (including phenoxy) is 2. The number of phenolic OH excluding ortho intramolecular Hbond substituents is 1. The zero-order chi connectivity index (χ0) is 22.3. The Kier molecular flexibility index (Phi) is 4.74. The molecule has 4 aromatic rings. The van der Waals surface area contributed by atoms with Gasteiger partial charge in [-0.1, -0.05) is 60.7 Å². The lowest BCUT2D eigenvalue weighted by Gasteiger charge is -2.28. The van der Waals surface area contributed by atoms with Gasteiger partial charge < -0.3 is 19.0 Å². The van der Waals surface area contributed by atoms with Gasteiger partial charge in [-0.05, 0) is 31.6 Å². The zero-order valence-corrected chi connectivity index (χ0v) is 17.8. The van der Waals surface area contributed by atoms with Crippen molar-refractivity contribution in [3.8, 4) is 28.6 Å². The number of fused-ring (bicyclic) bond motifs is 2. The van der Waals surface area contributed by atoms with Crippen molar-refractivity contribution in [2.45, 2.75) is 26.1 Å². The molecule has 1 aliphatic rings. The Balaban J connectivity index is 1.72. The first-order valence-corrected chi connectivity index (χ1v) is 10.4. The Morgan fingerprint density at radius 2 is 1.69 bits per heavy atom. The summed E-state index contributed by atoms with van der Waals surface area (Å²) in [5.41, 5.74) is 1.34. The molecule has 5 heteroatoms. The van der Waals surface area contributed by atoms with Crippen LogP contribution in [0.15, 0.2) is 82.0 Å². The predicted molar refractivity (Wildman–Crippen MR) is 124 cm³/mol. The van der Waals surface area contributed by atoms with E-state index in [9.17, 15) is 9.90 Å². The second-order valence-electron chi connectivity index (χ2n) is 8.28. The minimum absolute atomic E-state index is 0.0591. The molecule has 0 radical (unpaired) electrons. The first kappa shape index (κ1) is 19.9. The average molecular weight is 426 g/mol. The standard InChI is InChI=1S/C27H22O5/c1-27(2)14-13-19-20(32-27)15-21-22(23(19)28)24(29)26(30-16-17-9-5-3-6-10-17)25(31-21)18-11-7-4-8-12-18/h3-15,28H,16H2,1-2H3. The van der Waals surface area contributed by atoms with Gasteiger partial charge in [0.2, 0.25) is 11.2 Å². The van der Waals surface area contributed by atoms with E-state index in [1.54, 1.807) is 12.1 Å². The van der Waals surface area contributed by atoms with Gasteiger partial charge in [0.25, 0.3) is 0 Å². The summed E-state index contributed by atoms with van der Waals surface area (Å²) in [7, 11) is 0. The van der Waals surface area contributed by atoms with Crippen LogP contribution in [0.4, 0.5) is 0 Å². The SMILES string of the molecule is CC1(C)C=Cc2c(cc3oc(-c4ccccc4)c(OCc4ccccc4)c(=O)c3c2O)O1. The van der Waals surface area contributed by atoms with Gasteiger partial charge in [-0.25, -0.2) is 0 Å². The molecule has 0 saturated carbocycles. The van der Waals surface area contributed by atoms with Crippen molar-refractivity contribution in [1.82, 2.24) is 0 Å². The number of phenols is 1. The fraction of sp³-hybridized carbons (Fsp3) is 0.148. The molecule has 1 aromatic heterocycles. The lowest BCUT2D eigenvalue weighted by Crippen LogP contribution is -2.27. The maximum absolute atomic E-state index is 13.6. The van der Waals surface area contributed by atoms with Crippen LogP contribution in [0.2, 0.25) is 0 Å². The summed E-state index contributed by atoms with van der Waals surface area (Å²) in [5, 5.41) is 11.0. The van der Waals surface area contributed by atoms with Crippen molar-refractivity contribution in [2.24, 2.45) is 0 Å². The van der Waals surface area contributed by atoms with E-state index < -0.39 is 11.0 Å². The number of benzene rings is 3. The topological polar surface area (TPSA) is 68.9 Å². The first-order chi connectivity index (χ1) is 15.4. The van der Waals surface area contributed by atoms with Crippen LogP contribution in [-0.4, -0.2) is 10.7 Å². The van der Waals surface area contributed by atoms with Gasteiger partial charge in [0.15, 0.2) is 5.76 Å². The summed E-state index contributed by atoms with van der Waals surface area (Å²) in [5.74, 6) is 0.651. The number of rotatable bonds is 4. The molecular weight excluding hydrogens is 404 g/mol. The molecule has 0 atom stereocenters. The highest BCUT2D eigenvalue weighted by Gasteiger charge is 2.28. The van der Waals surface area contributed by atoms with Crippen molar-refractivity contribution in [3.63, 3.8) is 0 Å².